The van der Waals surface area contributed by atoms with Crippen LogP contribution in [0, 0.1) is 10.1 Å². The van der Waals surface area contributed by atoms with Crippen LogP contribution in [0.5, 0.6) is 11.5 Å². The molecule has 1 amide bonds. The number of esters is 1. The molecule has 2 N–H and O–H groups in total. The lowest BCUT2D eigenvalue weighted by Crippen LogP contribution is -2.21. The average molecular weight is 504 g/mol. The van der Waals surface area contributed by atoms with Crippen molar-refractivity contribution in [3.8, 4) is 11.5 Å². The number of benzene rings is 2. The van der Waals surface area contributed by atoms with E-state index in [2.05, 4.69) is 37.2 Å². The highest BCUT2D eigenvalue weighted by atomic mass is 79.9. The summed E-state index contributed by atoms with van der Waals surface area (Å²) in [4.78, 5) is 34.5. The van der Waals surface area contributed by atoms with E-state index in [9.17, 15) is 24.8 Å². The minimum atomic E-state index is -0.936. The Morgan fingerprint density at radius 3 is 2.59 bits per heavy atom. The number of hydrogen-bond donors (Lipinski definition) is 2. The minimum absolute atomic E-state index is 0.0742. The van der Waals surface area contributed by atoms with Gasteiger partial charge in [-0.1, -0.05) is 15.9 Å². The summed E-state index contributed by atoms with van der Waals surface area (Å²) >= 11 is 6.25. The molecule has 0 aliphatic heterocycles. The fourth-order valence-corrected chi connectivity index (χ4v) is 3.24. The average Bonchev–Trinajstić information content (AvgIpc) is 2.62. The third-order valence-electron chi connectivity index (χ3n) is 3.26. The molecule has 0 saturated heterocycles. The number of rotatable bonds is 6. The number of nitrogens with zero attached hydrogens (tertiary/aromatic N) is 1. The van der Waals surface area contributed by atoms with E-state index in [0.717, 1.165) is 6.07 Å². The predicted molar refractivity (Wildman–Crippen MR) is 102 cm³/mol. The van der Waals surface area contributed by atoms with Gasteiger partial charge in [0.15, 0.2) is 6.61 Å². The summed E-state index contributed by atoms with van der Waals surface area (Å²) < 4.78 is 10.5. The zero-order chi connectivity index (χ0) is 20.1. The number of carbonyl (C=O) groups excluding carboxylic acids is 2. The van der Waals surface area contributed by atoms with Crippen molar-refractivity contribution in [3.05, 3.63) is 55.0 Å². The van der Waals surface area contributed by atoms with Crippen molar-refractivity contribution in [1.82, 2.24) is 0 Å². The van der Waals surface area contributed by atoms with E-state index < -0.39 is 23.4 Å². The van der Waals surface area contributed by atoms with Gasteiger partial charge in [-0.3, -0.25) is 14.9 Å². The molecular weight excluding hydrogens is 492 g/mol. The number of nitrogens with one attached hydrogen (secondary N) is 1. The van der Waals surface area contributed by atoms with Gasteiger partial charge in [-0.25, -0.2) is 4.79 Å². The number of carbonyl (C=O) groups is 2. The van der Waals surface area contributed by atoms with Crippen molar-refractivity contribution in [2.45, 2.75) is 0 Å². The van der Waals surface area contributed by atoms with Gasteiger partial charge in [0.1, 0.15) is 22.7 Å². The van der Waals surface area contributed by atoms with E-state index in [4.69, 9.17) is 9.47 Å². The summed E-state index contributed by atoms with van der Waals surface area (Å²) in [6.07, 6.45) is 0. The summed E-state index contributed by atoms with van der Waals surface area (Å²) in [5, 5.41) is 23.3. The Balaban J connectivity index is 2.07. The van der Waals surface area contributed by atoms with Crippen LogP contribution in [0.4, 0.5) is 11.4 Å². The van der Waals surface area contributed by atoms with Crippen LogP contribution in [-0.4, -0.2) is 35.6 Å². The van der Waals surface area contributed by atoms with E-state index in [1.54, 1.807) is 0 Å². The number of nitro groups is 1. The number of ether oxygens (including phenoxy) is 2. The molecule has 0 radical (unpaired) electrons. The molecule has 11 heteroatoms. The van der Waals surface area contributed by atoms with Gasteiger partial charge < -0.3 is 19.9 Å². The Kier molecular flexibility index (Phi) is 6.75. The highest BCUT2D eigenvalue weighted by Crippen LogP contribution is 2.32. The summed E-state index contributed by atoms with van der Waals surface area (Å²) in [6, 6.07) is 6.74. The molecule has 0 fully saturated rings. The van der Waals surface area contributed by atoms with Gasteiger partial charge in [0.2, 0.25) is 0 Å². The zero-order valence-electron chi connectivity index (χ0n) is 13.7. The van der Waals surface area contributed by atoms with Crippen molar-refractivity contribution in [2.24, 2.45) is 0 Å². The van der Waals surface area contributed by atoms with Crippen LogP contribution in [0.3, 0.4) is 0 Å². The summed E-state index contributed by atoms with van der Waals surface area (Å²) in [7, 11) is 1.35. The molecule has 0 saturated carbocycles. The molecule has 9 nitrogen and oxygen atoms in total. The maximum atomic E-state index is 12.1. The Morgan fingerprint density at radius 2 is 1.96 bits per heavy atom. The Labute approximate surface area is 169 Å². The molecule has 0 bridgehead atoms. The van der Waals surface area contributed by atoms with E-state index in [1.165, 1.54) is 31.4 Å². The van der Waals surface area contributed by atoms with Crippen LogP contribution < -0.4 is 10.1 Å². The van der Waals surface area contributed by atoms with Gasteiger partial charge in [0.25, 0.3) is 11.6 Å². The SMILES string of the molecule is COc1ccc(NC(=O)COC(=O)c2cc(Br)cc(Br)c2O)c([N+](=O)[O-])c1. The molecule has 2 rings (SSSR count). The third-order valence-corrected chi connectivity index (χ3v) is 4.32. The van der Waals surface area contributed by atoms with Gasteiger partial charge in [0.05, 0.1) is 22.6 Å². The lowest BCUT2D eigenvalue weighted by atomic mass is 10.2. The standard InChI is InChI=1S/C16H12Br2N2O7/c1-26-9-2-3-12(13(6-9)20(24)25)19-14(21)7-27-16(23)10-4-8(17)5-11(18)15(10)22/h2-6,22H,7H2,1H3,(H,19,21). The van der Waals surface area contributed by atoms with Crippen LogP contribution in [0.25, 0.3) is 0 Å². The van der Waals surface area contributed by atoms with Gasteiger partial charge in [-0.05, 0) is 40.2 Å². The molecule has 2 aromatic rings. The smallest absolute Gasteiger partial charge is 0.342 e. The second-order valence-corrected chi connectivity index (χ2v) is 6.82. The second-order valence-electron chi connectivity index (χ2n) is 5.05. The number of amides is 1. The fourth-order valence-electron chi connectivity index (χ4n) is 2.01. The largest absolute Gasteiger partial charge is 0.506 e. The van der Waals surface area contributed by atoms with Gasteiger partial charge in [-0.2, -0.15) is 0 Å². The molecule has 27 heavy (non-hydrogen) atoms. The first-order valence-electron chi connectivity index (χ1n) is 7.20. The number of nitro benzene ring substituents is 1. The van der Waals surface area contributed by atoms with Crippen LogP contribution in [0.1, 0.15) is 10.4 Å². The van der Waals surface area contributed by atoms with Gasteiger partial charge >= 0.3 is 5.97 Å². The third kappa shape index (κ3) is 5.17. The Morgan fingerprint density at radius 1 is 1.26 bits per heavy atom. The van der Waals surface area contributed by atoms with E-state index >= 15 is 0 Å². The topological polar surface area (TPSA) is 128 Å². The number of phenols is 1. The fraction of sp³-hybridized carbons (Fsp3) is 0.125. The molecular formula is C16H12Br2N2O7. The maximum absolute atomic E-state index is 12.1. The van der Waals surface area contributed by atoms with Crippen molar-refractivity contribution >= 4 is 55.1 Å². The Bertz CT molecular complexity index is 918. The van der Waals surface area contributed by atoms with Crippen molar-refractivity contribution in [1.29, 1.82) is 0 Å². The molecule has 0 unspecified atom stereocenters. The zero-order valence-corrected chi connectivity index (χ0v) is 16.9. The monoisotopic (exact) mass is 502 g/mol. The lowest BCUT2D eigenvalue weighted by Gasteiger charge is -2.09. The number of phenolic OH excluding ortho intramolecular Hbond substituents is 1. The lowest BCUT2D eigenvalue weighted by molar-refractivity contribution is -0.384. The molecule has 0 aromatic heterocycles. The van der Waals surface area contributed by atoms with Crippen LogP contribution in [0.15, 0.2) is 39.3 Å². The normalized spacial score (nSPS) is 10.2. The highest BCUT2D eigenvalue weighted by molar-refractivity contribution is 9.11. The van der Waals surface area contributed by atoms with E-state index in [-0.39, 0.29) is 32.9 Å². The first-order chi connectivity index (χ1) is 12.7. The number of methoxy groups -OCH3 is 1. The molecule has 0 aliphatic rings. The molecule has 0 heterocycles. The second kappa shape index (κ2) is 8.82. The van der Waals surface area contributed by atoms with E-state index in [1.807, 2.05) is 0 Å². The predicted octanol–water partition coefficient (Wildman–Crippen LogP) is 3.63. The van der Waals surface area contributed by atoms with Gasteiger partial charge in [0, 0.05) is 4.47 Å². The highest BCUT2D eigenvalue weighted by Gasteiger charge is 2.20. The number of halogens is 2. The molecule has 0 spiro atoms. The van der Waals surface area contributed by atoms with E-state index in [0.29, 0.717) is 4.47 Å². The van der Waals surface area contributed by atoms with Crippen molar-refractivity contribution in [2.75, 3.05) is 19.0 Å². The quantitative estimate of drug-likeness (QED) is 0.350. The Hall–Kier alpha value is -2.66. The van der Waals surface area contributed by atoms with Crippen molar-refractivity contribution < 1.29 is 29.1 Å². The van der Waals surface area contributed by atoms with Crippen LogP contribution >= 0.6 is 31.9 Å². The molecule has 0 atom stereocenters. The molecule has 142 valence electrons. The van der Waals surface area contributed by atoms with Crippen LogP contribution in [0.2, 0.25) is 0 Å². The van der Waals surface area contributed by atoms with Crippen LogP contribution in [-0.2, 0) is 9.53 Å². The number of anilines is 1. The first-order valence-corrected chi connectivity index (χ1v) is 8.79. The van der Waals surface area contributed by atoms with Crippen molar-refractivity contribution in [3.63, 3.8) is 0 Å². The van der Waals surface area contributed by atoms with Gasteiger partial charge in [-0.15, -0.1) is 0 Å². The summed E-state index contributed by atoms with van der Waals surface area (Å²) in [6.45, 7) is -0.703. The minimum Gasteiger partial charge on any atom is -0.506 e. The number of hydrogen-bond acceptors (Lipinski definition) is 7. The molecule has 2 aromatic carbocycles. The summed E-state index contributed by atoms with van der Waals surface area (Å²) in [5.41, 5.74) is -0.600. The molecule has 0 aliphatic carbocycles. The first kappa shape index (κ1) is 20.6. The maximum Gasteiger partial charge on any atom is 0.342 e. The summed E-state index contributed by atoms with van der Waals surface area (Å²) in [5.74, 6) is -1.81. The number of aromatic hydroxyl groups is 1.